The SMILES string of the molecule is CC(O[C]=O)OC(=O)c1ccccn1. The lowest BCUT2D eigenvalue weighted by Gasteiger charge is -2.09. The maximum atomic E-state index is 11.2. The quantitative estimate of drug-likeness (QED) is 0.520. The fourth-order valence-corrected chi connectivity index (χ4v) is 0.786. The number of nitrogens with zero attached hydrogens (tertiary/aromatic N) is 1. The number of ether oxygens (including phenoxy) is 2. The molecule has 0 aliphatic heterocycles. The topological polar surface area (TPSA) is 65.5 Å². The van der Waals surface area contributed by atoms with Crippen LogP contribution in [0.5, 0.6) is 0 Å². The molecule has 1 aromatic heterocycles. The summed E-state index contributed by atoms with van der Waals surface area (Å²) in [7, 11) is 0. The van der Waals surface area contributed by atoms with Gasteiger partial charge in [0.25, 0.3) is 0 Å². The highest BCUT2D eigenvalue weighted by Gasteiger charge is 2.12. The lowest BCUT2D eigenvalue weighted by atomic mass is 10.3. The van der Waals surface area contributed by atoms with Crippen molar-refractivity contribution in [1.29, 1.82) is 0 Å². The minimum absolute atomic E-state index is 0.161. The number of aromatic nitrogens is 1. The Bertz CT molecular complexity index is 312. The summed E-state index contributed by atoms with van der Waals surface area (Å²) in [5.74, 6) is -0.645. The van der Waals surface area contributed by atoms with Crippen molar-refractivity contribution in [1.82, 2.24) is 4.98 Å². The largest absolute Gasteiger partial charge is 0.421 e. The Morgan fingerprint density at radius 1 is 1.57 bits per heavy atom. The number of carbonyl (C=O) groups is 1. The van der Waals surface area contributed by atoms with Crippen LogP contribution in [0.3, 0.4) is 0 Å². The number of rotatable bonds is 4. The monoisotopic (exact) mass is 194 g/mol. The second-order valence-electron chi connectivity index (χ2n) is 2.39. The number of carbonyl (C=O) groups excluding carboxylic acids is 2. The number of hydrogen-bond acceptors (Lipinski definition) is 5. The van der Waals surface area contributed by atoms with Crippen molar-refractivity contribution in [3.05, 3.63) is 30.1 Å². The average Bonchev–Trinajstić information content (AvgIpc) is 2.19. The Balaban J connectivity index is 2.55. The van der Waals surface area contributed by atoms with E-state index in [9.17, 15) is 9.59 Å². The minimum Gasteiger partial charge on any atom is -0.421 e. The summed E-state index contributed by atoms with van der Waals surface area (Å²) >= 11 is 0. The molecule has 5 nitrogen and oxygen atoms in total. The van der Waals surface area contributed by atoms with Crippen molar-refractivity contribution in [3.8, 4) is 0 Å². The standard InChI is InChI=1S/C9H8NO4/c1-7(13-6-11)14-9(12)8-4-2-3-5-10-8/h2-5,7H,1H3. The van der Waals surface area contributed by atoms with Crippen LogP contribution in [-0.2, 0) is 14.3 Å². The van der Waals surface area contributed by atoms with E-state index in [1.165, 1.54) is 25.7 Å². The molecule has 0 bridgehead atoms. The molecule has 0 saturated carbocycles. The molecule has 1 radical (unpaired) electrons. The van der Waals surface area contributed by atoms with E-state index in [2.05, 4.69) is 9.72 Å². The normalized spacial score (nSPS) is 11.5. The van der Waals surface area contributed by atoms with Crippen LogP contribution in [0.2, 0.25) is 0 Å². The van der Waals surface area contributed by atoms with E-state index >= 15 is 0 Å². The van der Waals surface area contributed by atoms with Gasteiger partial charge in [-0.3, -0.25) is 0 Å². The van der Waals surface area contributed by atoms with Gasteiger partial charge in [-0.05, 0) is 12.1 Å². The van der Waals surface area contributed by atoms with Gasteiger partial charge in [0.05, 0.1) is 0 Å². The van der Waals surface area contributed by atoms with Crippen molar-refractivity contribution in [3.63, 3.8) is 0 Å². The molecule has 14 heavy (non-hydrogen) atoms. The summed E-state index contributed by atoms with van der Waals surface area (Å²) in [6.45, 7) is 2.59. The molecule has 1 atom stereocenters. The van der Waals surface area contributed by atoms with E-state index < -0.39 is 12.3 Å². The Morgan fingerprint density at radius 3 is 2.93 bits per heavy atom. The molecule has 73 valence electrons. The molecule has 0 amide bonds. The maximum Gasteiger partial charge on any atom is 0.420 e. The lowest BCUT2D eigenvalue weighted by molar-refractivity contribution is -0.0452. The Labute approximate surface area is 80.7 Å². The van der Waals surface area contributed by atoms with E-state index in [0.29, 0.717) is 0 Å². The maximum absolute atomic E-state index is 11.2. The van der Waals surface area contributed by atoms with Gasteiger partial charge in [-0.25, -0.2) is 14.6 Å². The second kappa shape index (κ2) is 4.96. The first-order valence-corrected chi connectivity index (χ1v) is 3.89. The van der Waals surface area contributed by atoms with Gasteiger partial charge in [0.15, 0.2) is 0 Å². The van der Waals surface area contributed by atoms with Crippen LogP contribution in [0, 0.1) is 0 Å². The smallest absolute Gasteiger partial charge is 0.420 e. The summed E-state index contributed by atoms with van der Waals surface area (Å²) in [4.78, 5) is 24.8. The van der Waals surface area contributed by atoms with Crippen molar-refractivity contribution in [2.45, 2.75) is 13.2 Å². The van der Waals surface area contributed by atoms with Crippen molar-refractivity contribution < 1.29 is 19.1 Å². The Hall–Kier alpha value is -1.91. The van der Waals surface area contributed by atoms with Crippen LogP contribution >= 0.6 is 0 Å². The third-order valence-corrected chi connectivity index (χ3v) is 1.36. The molecule has 0 fully saturated rings. The van der Waals surface area contributed by atoms with Gasteiger partial charge in [0.1, 0.15) is 5.69 Å². The van der Waals surface area contributed by atoms with Gasteiger partial charge in [-0.15, -0.1) is 0 Å². The summed E-state index contributed by atoms with van der Waals surface area (Å²) in [5.41, 5.74) is 0.161. The zero-order valence-electron chi connectivity index (χ0n) is 7.47. The number of hydrogen-bond donors (Lipinski definition) is 0. The third-order valence-electron chi connectivity index (χ3n) is 1.36. The predicted molar refractivity (Wildman–Crippen MR) is 45.9 cm³/mol. The Kier molecular flexibility index (Phi) is 3.60. The molecular formula is C9H8NO4. The average molecular weight is 194 g/mol. The summed E-state index contributed by atoms with van der Waals surface area (Å²) in [5, 5.41) is 0. The fourth-order valence-electron chi connectivity index (χ4n) is 0.786. The molecule has 1 heterocycles. The van der Waals surface area contributed by atoms with Gasteiger partial charge < -0.3 is 9.47 Å². The summed E-state index contributed by atoms with van der Waals surface area (Å²) in [6.07, 6.45) is 0.510. The van der Waals surface area contributed by atoms with Crippen LogP contribution in [-0.4, -0.2) is 23.7 Å². The zero-order chi connectivity index (χ0) is 10.4. The van der Waals surface area contributed by atoms with Crippen LogP contribution in [0.1, 0.15) is 17.4 Å². The van der Waals surface area contributed by atoms with Gasteiger partial charge >= 0.3 is 12.4 Å². The van der Waals surface area contributed by atoms with Crippen molar-refractivity contribution >= 4 is 12.4 Å². The molecular weight excluding hydrogens is 186 g/mol. The van der Waals surface area contributed by atoms with E-state index in [1.807, 2.05) is 0 Å². The van der Waals surface area contributed by atoms with Gasteiger partial charge in [-0.1, -0.05) is 6.07 Å². The molecule has 0 aromatic carbocycles. The summed E-state index contributed by atoms with van der Waals surface area (Å²) < 4.78 is 8.95. The molecule has 0 spiro atoms. The highest BCUT2D eigenvalue weighted by atomic mass is 16.7. The van der Waals surface area contributed by atoms with E-state index in [0.717, 1.165) is 0 Å². The minimum atomic E-state index is -0.956. The lowest BCUT2D eigenvalue weighted by Crippen LogP contribution is -2.18. The Morgan fingerprint density at radius 2 is 2.36 bits per heavy atom. The molecule has 0 N–H and O–H groups in total. The summed E-state index contributed by atoms with van der Waals surface area (Å²) in [6, 6.07) is 4.83. The molecule has 1 unspecified atom stereocenters. The van der Waals surface area contributed by atoms with Crippen LogP contribution in [0.25, 0.3) is 0 Å². The third kappa shape index (κ3) is 2.85. The van der Waals surface area contributed by atoms with E-state index in [-0.39, 0.29) is 5.69 Å². The molecule has 0 saturated heterocycles. The molecule has 0 aliphatic carbocycles. The van der Waals surface area contributed by atoms with E-state index in [1.54, 1.807) is 12.1 Å². The molecule has 1 rings (SSSR count). The number of esters is 1. The van der Waals surface area contributed by atoms with Crippen LogP contribution in [0.15, 0.2) is 24.4 Å². The van der Waals surface area contributed by atoms with E-state index in [4.69, 9.17) is 4.74 Å². The number of pyridine rings is 1. The predicted octanol–water partition coefficient (Wildman–Crippen LogP) is 0.668. The first-order chi connectivity index (χ1) is 6.74. The zero-order valence-corrected chi connectivity index (χ0v) is 7.47. The van der Waals surface area contributed by atoms with Crippen LogP contribution in [0.4, 0.5) is 0 Å². The second-order valence-corrected chi connectivity index (χ2v) is 2.39. The molecule has 0 aliphatic rings. The highest BCUT2D eigenvalue weighted by molar-refractivity contribution is 5.87. The fraction of sp³-hybridized carbons (Fsp3) is 0.222. The van der Waals surface area contributed by atoms with Crippen molar-refractivity contribution in [2.24, 2.45) is 0 Å². The van der Waals surface area contributed by atoms with Crippen molar-refractivity contribution in [2.75, 3.05) is 0 Å². The first-order valence-electron chi connectivity index (χ1n) is 3.89. The van der Waals surface area contributed by atoms with Crippen LogP contribution < -0.4 is 0 Å². The highest BCUT2D eigenvalue weighted by Crippen LogP contribution is 2.00. The van der Waals surface area contributed by atoms with Gasteiger partial charge in [-0.2, -0.15) is 0 Å². The van der Waals surface area contributed by atoms with Gasteiger partial charge in [0.2, 0.25) is 6.29 Å². The van der Waals surface area contributed by atoms with Gasteiger partial charge in [0, 0.05) is 13.1 Å². The first kappa shape index (κ1) is 10.2. The molecule has 1 aromatic rings. The molecule has 5 heteroatoms.